The van der Waals surface area contributed by atoms with E-state index < -0.39 is 60.1 Å². The normalized spacial score (nSPS) is 24.4. The molecule has 0 aliphatic carbocycles. The molecule has 6 atom stereocenters. The number of carbonyl (C=O) groups is 5. The van der Waals surface area contributed by atoms with Gasteiger partial charge in [-0.25, -0.2) is 4.79 Å². The van der Waals surface area contributed by atoms with Crippen molar-refractivity contribution in [3.8, 4) is 0 Å². The van der Waals surface area contributed by atoms with Gasteiger partial charge in [-0.15, -0.1) is 0 Å². The molecule has 2 aliphatic rings. The van der Waals surface area contributed by atoms with E-state index in [0.29, 0.717) is 25.8 Å². The molecule has 180 valence electrons. The second-order valence-corrected chi connectivity index (χ2v) is 8.29. The van der Waals surface area contributed by atoms with E-state index in [4.69, 9.17) is 10.8 Å². The predicted molar refractivity (Wildman–Crippen MR) is 109 cm³/mol. The van der Waals surface area contributed by atoms with Crippen LogP contribution in [0.2, 0.25) is 0 Å². The average molecular weight is 457 g/mol. The summed E-state index contributed by atoms with van der Waals surface area (Å²) in [6, 6.07) is -2.73. The Hall–Kier alpha value is -2.93. The summed E-state index contributed by atoms with van der Waals surface area (Å²) in [6.07, 6.45) is -3.21. The Balaban J connectivity index is 1.96. The Morgan fingerprint density at radius 1 is 0.969 bits per heavy atom. The summed E-state index contributed by atoms with van der Waals surface area (Å²) in [6.45, 7) is 3.46. The second kappa shape index (κ2) is 10.6. The average Bonchev–Trinajstić information content (AvgIpc) is 3.40. The Morgan fingerprint density at radius 3 is 2.19 bits per heavy atom. The smallest absolute Gasteiger partial charge is 0.404 e. The number of rotatable bonds is 8. The third kappa shape index (κ3) is 5.85. The van der Waals surface area contributed by atoms with Crippen molar-refractivity contribution in [1.29, 1.82) is 0 Å². The lowest BCUT2D eigenvalue weighted by molar-refractivity contribution is -0.149. The van der Waals surface area contributed by atoms with Crippen LogP contribution in [0.25, 0.3) is 0 Å². The quantitative estimate of drug-likeness (QED) is 0.224. The lowest BCUT2D eigenvalue weighted by atomic mass is 10.1. The maximum absolute atomic E-state index is 13.0. The number of nitrogens with one attached hydrogen (secondary N) is 2. The third-order valence-corrected chi connectivity index (χ3v) is 5.90. The topological polar surface area (TPSA) is 203 Å². The van der Waals surface area contributed by atoms with E-state index in [1.165, 1.54) is 23.6 Å². The number of carbonyl (C=O) groups excluding carboxylic acids is 4. The molecule has 0 aromatic rings. The minimum Gasteiger partial charge on any atom is -0.465 e. The Kier molecular flexibility index (Phi) is 8.38. The minimum atomic E-state index is -1.63. The van der Waals surface area contributed by atoms with E-state index in [0.717, 1.165) is 0 Å². The fourth-order valence-corrected chi connectivity index (χ4v) is 4.00. The highest BCUT2D eigenvalue weighted by Crippen LogP contribution is 2.25. The van der Waals surface area contributed by atoms with Crippen LogP contribution in [0.1, 0.15) is 33.1 Å². The van der Waals surface area contributed by atoms with Gasteiger partial charge in [0.1, 0.15) is 6.04 Å². The van der Waals surface area contributed by atoms with Crippen molar-refractivity contribution in [3.05, 3.63) is 0 Å². The molecule has 2 saturated heterocycles. The van der Waals surface area contributed by atoms with Gasteiger partial charge in [0, 0.05) is 19.6 Å². The number of aliphatic hydroxyl groups excluding tert-OH is 2. The summed E-state index contributed by atoms with van der Waals surface area (Å²) < 4.78 is 0. The molecule has 2 heterocycles. The lowest BCUT2D eigenvalue weighted by Gasteiger charge is -2.30. The fraction of sp³-hybridized carbons (Fsp3) is 0.737. The summed E-state index contributed by atoms with van der Waals surface area (Å²) in [4.78, 5) is 62.6. The molecule has 13 heteroatoms. The largest absolute Gasteiger partial charge is 0.465 e. The van der Waals surface area contributed by atoms with Crippen molar-refractivity contribution in [2.75, 3.05) is 19.6 Å². The number of hydrogen-bond donors (Lipinski definition) is 6. The molecule has 13 nitrogen and oxygen atoms in total. The first-order chi connectivity index (χ1) is 14.9. The molecule has 2 fully saturated rings. The van der Waals surface area contributed by atoms with Gasteiger partial charge in [-0.1, -0.05) is 0 Å². The molecule has 0 spiro atoms. The van der Waals surface area contributed by atoms with Crippen molar-refractivity contribution in [2.24, 2.45) is 11.7 Å². The Morgan fingerprint density at radius 2 is 1.59 bits per heavy atom. The number of aliphatic hydroxyl groups is 2. The molecule has 7 N–H and O–H groups in total. The van der Waals surface area contributed by atoms with Gasteiger partial charge < -0.3 is 41.5 Å². The summed E-state index contributed by atoms with van der Waals surface area (Å²) in [5, 5.41) is 33.1. The number of amides is 5. The van der Waals surface area contributed by atoms with E-state index >= 15 is 0 Å². The minimum absolute atomic E-state index is 0.113. The molecule has 0 aromatic heterocycles. The first-order valence-electron chi connectivity index (χ1n) is 10.5. The van der Waals surface area contributed by atoms with Crippen molar-refractivity contribution in [2.45, 2.75) is 63.4 Å². The van der Waals surface area contributed by atoms with Crippen LogP contribution in [0.3, 0.4) is 0 Å². The number of nitrogens with zero attached hydrogens (tertiary/aromatic N) is 2. The molecule has 2 aliphatic heterocycles. The first-order valence-corrected chi connectivity index (χ1v) is 10.5. The lowest BCUT2D eigenvalue weighted by Crippen LogP contribution is -2.54. The zero-order chi connectivity index (χ0) is 24.2. The third-order valence-electron chi connectivity index (χ3n) is 5.90. The van der Waals surface area contributed by atoms with Crippen molar-refractivity contribution >= 4 is 29.7 Å². The van der Waals surface area contributed by atoms with Gasteiger partial charge >= 0.3 is 6.09 Å². The van der Waals surface area contributed by atoms with Crippen LogP contribution in [0, 0.1) is 5.92 Å². The predicted octanol–water partition coefficient (Wildman–Crippen LogP) is -2.81. The van der Waals surface area contributed by atoms with Crippen LogP contribution in [0.15, 0.2) is 0 Å². The molecular formula is C19H31N5O8. The van der Waals surface area contributed by atoms with Crippen LogP contribution in [-0.2, 0) is 19.2 Å². The summed E-state index contributed by atoms with van der Waals surface area (Å²) in [5.74, 6) is -3.00. The second-order valence-electron chi connectivity index (χ2n) is 8.29. The Labute approximate surface area is 184 Å². The maximum Gasteiger partial charge on any atom is 0.404 e. The van der Waals surface area contributed by atoms with Crippen LogP contribution < -0.4 is 16.4 Å². The standard InChI is InChI=1S/C19H31N5O8/c1-9(13(25)15(20)27)21-16(28)11-5-7-23(8-11)17(29)12-4-3-6-24(12)18(30)14(26)10(2)22-19(31)32/h9-14,22,25-26H,3-8H2,1-2H3,(H2,20,27)(H,21,28)(H,31,32)/t9-,10-,11+,12-,13+,14+/m0/s1. The molecule has 32 heavy (non-hydrogen) atoms. The van der Waals surface area contributed by atoms with Crippen LogP contribution in [-0.4, -0.2) is 105 Å². The Bertz CT molecular complexity index is 762. The SMILES string of the molecule is C[C@H](NC(=O)[C@@H]1CCN(C(=O)[C@@H]2CCCN2C(=O)[C@H](O)[C@H](C)NC(=O)O)C1)[C@@H](O)C(N)=O. The molecule has 0 aromatic carbocycles. The maximum atomic E-state index is 13.0. The van der Waals surface area contributed by atoms with E-state index in [2.05, 4.69) is 5.32 Å². The van der Waals surface area contributed by atoms with Gasteiger partial charge in [-0.3, -0.25) is 19.2 Å². The molecule has 0 bridgehead atoms. The summed E-state index contributed by atoms with van der Waals surface area (Å²) >= 11 is 0. The fourth-order valence-electron chi connectivity index (χ4n) is 4.00. The number of primary amides is 1. The molecule has 2 rings (SSSR count). The van der Waals surface area contributed by atoms with Gasteiger partial charge in [0.2, 0.25) is 17.7 Å². The van der Waals surface area contributed by atoms with Gasteiger partial charge in [-0.05, 0) is 33.1 Å². The van der Waals surface area contributed by atoms with Gasteiger partial charge in [0.05, 0.1) is 18.0 Å². The highest BCUT2D eigenvalue weighted by molar-refractivity contribution is 5.91. The molecule has 0 radical (unpaired) electrons. The van der Waals surface area contributed by atoms with Gasteiger partial charge in [-0.2, -0.15) is 0 Å². The number of nitrogens with two attached hydrogens (primary N) is 1. The number of carboxylic acid groups (broad SMARTS) is 1. The number of likely N-dealkylation sites (tertiary alicyclic amines) is 2. The van der Waals surface area contributed by atoms with E-state index in [1.54, 1.807) is 0 Å². The van der Waals surface area contributed by atoms with Gasteiger partial charge in [0.25, 0.3) is 5.91 Å². The number of hydrogen-bond acceptors (Lipinski definition) is 7. The van der Waals surface area contributed by atoms with Crippen molar-refractivity contribution in [3.63, 3.8) is 0 Å². The molecule has 5 amide bonds. The zero-order valence-electron chi connectivity index (χ0n) is 18.1. The van der Waals surface area contributed by atoms with E-state index in [-0.39, 0.29) is 19.0 Å². The zero-order valence-corrected chi connectivity index (χ0v) is 18.1. The van der Waals surface area contributed by atoms with Crippen LogP contribution in [0.4, 0.5) is 4.79 Å². The molecule has 0 saturated carbocycles. The van der Waals surface area contributed by atoms with Crippen LogP contribution in [0.5, 0.6) is 0 Å². The highest BCUT2D eigenvalue weighted by atomic mass is 16.4. The molecule has 0 unspecified atom stereocenters. The van der Waals surface area contributed by atoms with Crippen molar-refractivity contribution < 1.29 is 39.3 Å². The monoisotopic (exact) mass is 457 g/mol. The van der Waals surface area contributed by atoms with Crippen LogP contribution >= 0.6 is 0 Å². The van der Waals surface area contributed by atoms with E-state index in [9.17, 15) is 34.2 Å². The van der Waals surface area contributed by atoms with E-state index in [1.807, 2.05) is 5.32 Å². The van der Waals surface area contributed by atoms with Crippen molar-refractivity contribution in [1.82, 2.24) is 20.4 Å². The molecular weight excluding hydrogens is 426 g/mol. The highest BCUT2D eigenvalue weighted by Gasteiger charge is 2.42. The first kappa shape index (κ1) is 25.3. The van der Waals surface area contributed by atoms with Gasteiger partial charge in [0.15, 0.2) is 12.2 Å². The summed E-state index contributed by atoms with van der Waals surface area (Å²) in [7, 11) is 0. The summed E-state index contributed by atoms with van der Waals surface area (Å²) in [5.41, 5.74) is 5.02.